The van der Waals surface area contributed by atoms with Gasteiger partial charge in [0.1, 0.15) is 6.07 Å². The lowest BCUT2D eigenvalue weighted by Crippen LogP contribution is -2.11. The highest BCUT2D eigenvalue weighted by molar-refractivity contribution is 9.10. The van der Waals surface area contributed by atoms with Crippen LogP contribution < -0.4 is 5.56 Å². The van der Waals surface area contributed by atoms with Gasteiger partial charge in [-0.25, -0.2) is 4.98 Å². The van der Waals surface area contributed by atoms with Crippen molar-refractivity contribution in [1.82, 2.24) is 15.0 Å². The molecule has 0 aliphatic carbocycles. The van der Waals surface area contributed by atoms with Crippen LogP contribution in [-0.2, 0) is 0 Å². The van der Waals surface area contributed by atoms with Crippen LogP contribution in [0.3, 0.4) is 0 Å². The summed E-state index contributed by atoms with van der Waals surface area (Å²) in [4.78, 5) is 22.5. The van der Waals surface area contributed by atoms with Gasteiger partial charge in [0.2, 0.25) is 0 Å². The third kappa shape index (κ3) is 2.75. The zero-order valence-corrected chi connectivity index (χ0v) is 14.5. The number of nitrogens with one attached hydrogen (secondary N) is 2. The Morgan fingerprint density at radius 2 is 2.04 bits per heavy atom. The summed E-state index contributed by atoms with van der Waals surface area (Å²) < 4.78 is 0.949. The van der Waals surface area contributed by atoms with Gasteiger partial charge < -0.3 is 9.97 Å². The number of nitrogens with zero attached hydrogens (tertiary/aromatic N) is 2. The van der Waals surface area contributed by atoms with Gasteiger partial charge in [-0.05, 0) is 36.4 Å². The van der Waals surface area contributed by atoms with Crippen LogP contribution in [0.1, 0.15) is 11.4 Å². The molecule has 2 aromatic heterocycles. The number of nitriles is 1. The van der Waals surface area contributed by atoms with E-state index < -0.39 is 0 Å². The highest BCUT2D eigenvalue weighted by Crippen LogP contribution is 2.25. The van der Waals surface area contributed by atoms with Crippen LogP contribution in [0.15, 0.2) is 57.9 Å². The number of H-pyrrole nitrogens is 2. The molecule has 25 heavy (non-hydrogen) atoms. The van der Waals surface area contributed by atoms with E-state index in [2.05, 4.69) is 37.0 Å². The quantitative estimate of drug-likeness (QED) is 0.502. The summed E-state index contributed by atoms with van der Waals surface area (Å²) in [5.41, 5.74) is 2.41. The Hall–Kier alpha value is -3.17. The second kappa shape index (κ2) is 6.04. The van der Waals surface area contributed by atoms with E-state index in [0.29, 0.717) is 16.5 Å². The van der Waals surface area contributed by atoms with Gasteiger partial charge in [-0.3, -0.25) is 4.79 Å². The van der Waals surface area contributed by atoms with Crippen molar-refractivity contribution in [2.45, 2.75) is 0 Å². The molecule has 0 amide bonds. The van der Waals surface area contributed by atoms with E-state index in [4.69, 9.17) is 0 Å². The highest BCUT2D eigenvalue weighted by Gasteiger charge is 2.10. The molecule has 2 heterocycles. The fraction of sp³-hybridized carbons (Fsp3) is 0. The fourth-order valence-electron chi connectivity index (χ4n) is 2.76. The van der Waals surface area contributed by atoms with Gasteiger partial charge in [0, 0.05) is 27.1 Å². The summed E-state index contributed by atoms with van der Waals surface area (Å²) in [5.74, 6) is 0.260. The minimum absolute atomic E-state index is 0.260. The second-order valence-corrected chi connectivity index (χ2v) is 6.45. The van der Waals surface area contributed by atoms with E-state index in [1.165, 1.54) is 0 Å². The van der Waals surface area contributed by atoms with E-state index in [0.717, 1.165) is 20.9 Å². The van der Waals surface area contributed by atoms with Crippen molar-refractivity contribution >= 4 is 49.4 Å². The Balaban J connectivity index is 1.90. The number of hydrogen-bond donors (Lipinski definition) is 2. The number of hydrogen-bond acceptors (Lipinski definition) is 3. The number of benzene rings is 2. The molecule has 0 saturated carbocycles. The molecular formula is C19H11BrN4O. The van der Waals surface area contributed by atoms with Crippen molar-refractivity contribution in [2.75, 3.05) is 0 Å². The van der Waals surface area contributed by atoms with E-state index >= 15 is 0 Å². The van der Waals surface area contributed by atoms with E-state index in [-0.39, 0.29) is 11.4 Å². The fourth-order valence-corrected chi connectivity index (χ4v) is 3.12. The second-order valence-electron chi connectivity index (χ2n) is 5.54. The maximum atomic E-state index is 12.2. The maximum Gasteiger partial charge on any atom is 0.259 e. The Morgan fingerprint density at radius 1 is 1.20 bits per heavy atom. The SMILES string of the molecule is N#CC(=Cc1c[nH]c2ccc(Br)cc12)c1nc2ccccc2c(=O)[nH]1. The van der Waals surface area contributed by atoms with Crippen LogP contribution in [0.2, 0.25) is 0 Å². The molecule has 0 unspecified atom stereocenters. The van der Waals surface area contributed by atoms with E-state index in [1.54, 1.807) is 24.3 Å². The largest absolute Gasteiger partial charge is 0.361 e. The predicted molar refractivity (Wildman–Crippen MR) is 102 cm³/mol. The Bertz CT molecular complexity index is 1240. The van der Waals surface area contributed by atoms with Crippen molar-refractivity contribution in [3.05, 3.63) is 74.9 Å². The molecule has 4 rings (SSSR count). The van der Waals surface area contributed by atoms with Crippen LogP contribution in [0.5, 0.6) is 0 Å². The minimum atomic E-state index is -0.261. The van der Waals surface area contributed by atoms with Gasteiger partial charge in [0.25, 0.3) is 5.56 Å². The molecule has 120 valence electrons. The lowest BCUT2D eigenvalue weighted by molar-refractivity contribution is 1.13. The maximum absolute atomic E-state index is 12.2. The first kappa shape index (κ1) is 15.4. The van der Waals surface area contributed by atoms with Crippen LogP contribution in [0.25, 0.3) is 33.5 Å². The first-order valence-corrected chi connectivity index (χ1v) is 8.33. The Labute approximate surface area is 150 Å². The van der Waals surface area contributed by atoms with E-state index in [1.807, 2.05) is 30.5 Å². The Morgan fingerprint density at radius 3 is 2.88 bits per heavy atom. The first-order valence-electron chi connectivity index (χ1n) is 7.53. The molecule has 5 nitrogen and oxygen atoms in total. The standard InChI is InChI=1S/C19H11BrN4O/c20-13-5-6-16-15(8-13)12(10-22-16)7-11(9-21)18-23-17-4-2-1-3-14(17)19(25)24-18/h1-8,10,22H,(H,23,24,25). The molecular weight excluding hydrogens is 380 g/mol. The lowest BCUT2D eigenvalue weighted by atomic mass is 10.1. The normalized spacial score (nSPS) is 11.8. The molecule has 4 aromatic rings. The van der Waals surface area contributed by atoms with Gasteiger partial charge in [-0.15, -0.1) is 0 Å². The molecule has 0 atom stereocenters. The van der Waals surface area contributed by atoms with Crippen molar-refractivity contribution in [3.63, 3.8) is 0 Å². The van der Waals surface area contributed by atoms with Gasteiger partial charge >= 0.3 is 0 Å². The number of para-hydroxylation sites is 1. The summed E-state index contributed by atoms with van der Waals surface area (Å²) in [5, 5.41) is 11.0. The van der Waals surface area contributed by atoms with Crippen molar-refractivity contribution in [1.29, 1.82) is 5.26 Å². The van der Waals surface area contributed by atoms with Gasteiger partial charge in [-0.2, -0.15) is 5.26 Å². The van der Waals surface area contributed by atoms with Gasteiger partial charge in [0.15, 0.2) is 5.82 Å². The molecule has 0 saturated heterocycles. The molecule has 6 heteroatoms. The number of halogens is 1. The first-order chi connectivity index (χ1) is 12.2. The van der Waals surface area contributed by atoms with Crippen LogP contribution >= 0.6 is 15.9 Å². The molecule has 0 aliphatic heterocycles. The number of fused-ring (bicyclic) bond motifs is 2. The molecule has 0 radical (unpaired) electrons. The highest BCUT2D eigenvalue weighted by atomic mass is 79.9. The zero-order chi connectivity index (χ0) is 17.4. The average Bonchev–Trinajstić information content (AvgIpc) is 3.01. The molecule has 2 aromatic carbocycles. The summed E-state index contributed by atoms with van der Waals surface area (Å²) in [6.07, 6.45) is 3.55. The molecule has 0 bridgehead atoms. The van der Waals surface area contributed by atoms with Crippen LogP contribution in [-0.4, -0.2) is 15.0 Å². The monoisotopic (exact) mass is 390 g/mol. The Kier molecular flexibility index (Phi) is 3.71. The van der Waals surface area contributed by atoms with Crippen LogP contribution in [0.4, 0.5) is 0 Å². The predicted octanol–water partition coefficient (Wildman–Crippen LogP) is 4.23. The van der Waals surface area contributed by atoms with E-state index in [9.17, 15) is 10.1 Å². The van der Waals surface area contributed by atoms with Crippen molar-refractivity contribution in [3.8, 4) is 6.07 Å². The zero-order valence-electron chi connectivity index (χ0n) is 12.9. The summed E-state index contributed by atoms with van der Waals surface area (Å²) in [7, 11) is 0. The summed E-state index contributed by atoms with van der Waals surface area (Å²) in [6, 6.07) is 15.1. The third-order valence-electron chi connectivity index (χ3n) is 3.96. The van der Waals surface area contributed by atoms with Gasteiger partial charge in [-0.1, -0.05) is 28.1 Å². The molecule has 2 N–H and O–H groups in total. The number of rotatable bonds is 2. The van der Waals surface area contributed by atoms with Crippen LogP contribution in [0, 0.1) is 11.3 Å². The van der Waals surface area contributed by atoms with Gasteiger partial charge in [0.05, 0.1) is 16.5 Å². The van der Waals surface area contributed by atoms with Crippen molar-refractivity contribution < 1.29 is 0 Å². The van der Waals surface area contributed by atoms with Crippen molar-refractivity contribution in [2.24, 2.45) is 0 Å². The third-order valence-corrected chi connectivity index (χ3v) is 4.46. The number of allylic oxidation sites excluding steroid dienone is 1. The topological polar surface area (TPSA) is 85.3 Å². The smallest absolute Gasteiger partial charge is 0.259 e. The number of aromatic nitrogens is 3. The lowest BCUT2D eigenvalue weighted by Gasteiger charge is -2.02. The molecule has 0 fully saturated rings. The average molecular weight is 391 g/mol. The summed E-state index contributed by atoms with van der Waals surface area (Å²) in [6.45, 7) is 0. The summed E-state index contributed by atoms with van der Waals surface area (Å²) >= 11 is 3.46. The number of aromatic amines is 2. The molecule has 0 spiro atoms. The molecule has 0 aliphatic rings. The minimum Gasteiger partial charge on any atom is -0.361 e.